The molecule has 1 aliphatic rings. The van der Waals surface area contributed by atoms with E-state index in [0.717, 1.165) is 30.7 Å². The van der Waals surface area contributed by atoms with Crippen molar-refractivity contribution in [2.24, 2.45) is 7.05 Å². The third-order valence-electron chi connectivity index (χ3n) is 2.02. The van der Waals surface area contributed by atoms with Crippen molar-refractivity contribution < 1.29 is 5.11 Å². The zero-order valence-electron chi connectivity index (χ0n) is 6.49. The van der Waals surface area contributed by atoms with E-state index in [1.54, 1.807) is 7.05 Å². The highest BCUT2D eigenvalue weighted by molar-refractivity contribution is 5.14. The fraction of sp³-hybridized carbons (Fsp3) is 0.714. The Morgan fingerprint density at radius 3 is 3.09 bits per heavy atom. The largest absolute Gasteiger partial charge is 0.387 e. The predicted octanol–water partition coefficient (Wildman–Crippen LogP) is 0.185. The Labute approximate surface area is 64.8 Å². The molecule has 0 radical (unpaired) electrons. The van der Waals surface area contributed by atoms with E-state index < -0.39 is 0 Å². The van der Waals surface area contributed by atoms with Crippen LogP contribution in [0, 0.1) is 0 Å². The van der Waals surface area contributed by atoms with Crippen LogP contribution in [0.5, 0.6) is 0 Å². The maximum atomic E-state index is 9.46. The van der Waals surface area contributed by atoms with Crippen molar-refractivity contribution in [1.29, 1.82) is 0 Å². The van der Waals surface area contributed by atoms with Crippen molar-refractivity contribution in [1.82, 2.24) is 15.0 Å². The molecule has 4 nitrogen and oxygen atoms in total. The normalized spacial score (nSPS) is 23.3. The van der Waals surface area contributed by atoms with Crippen LogP contribution in [0.1, 0.15) is 30.3 Å². The van der Waals surface area contributed by atoms with Gasteiger partial charge >= 0.3 is 0 Å². The average Bonchev–Trinajstić information content (AvgIpc) is 2.31. The van der Waals surface area contributed by atoms with Gasteiger partial charge in [0, 0.05) is 7.05 Å². The summed E-state index contributed by atoms with van der Waals surface area (Å²) in [6.45, 7) is 0. The molecule has 1 atom stereocenters. The Hall–Kier alpha value is -0.900. The van der Waals surface area contributed by atoms with Gasteiger partial charge in [0.1, 0.15) is 5.69 Å². The van der Waals surface area contributed by atoms with Gasteiger partial charge in [-0.15, -0.1) is 0 Å². The lowest BCUT2D eigenvalue weighted by Gasteiger charge is -2.13. The summed E-state index contributed by atoms with van der Waals surface area (Å²) < 4.78 is 0. The van der Waals surface area contributed by atoms with Gasteiger partial charge in [-0.3, -0.25) is 0 Å². The molecule has 0 fully saturated rings. The molecular weight excluding hydrogens is 142 g/mol. The highest BCUT2D eigenvalue weighted by Crippen LogP contribution is 2.25. The summed E-state index contributed by atoms with van der Waals surface area (Å²) in [5.41, 5.74) is 1.74. The summed E-state index contributed by atoms with van der Waals surface area (Å²) in [4.78, 5) is 1.53. The Balaban J connectivity index is 2.43. The number of fused-ring (bicyclic) bond motifs is 1. The smallest absolute Gasteiger partial charge is 0.114 e. The summed E-state index contributed by atoms with van der Waals surface area (Å²) in [5.74, 6) is 0. The van der Waals surface area contributed by atoms with Crippen LogP contribution in [-0.2, 0) is 13.5 Å². The first-order chi connectivity index (χ1) is 5.27. The lowest BCUT2D eigenvalue weighted by molar-refractivity contribution is 0.151. The highest BCUT2D eigenvalue weighted by Gasteiger charge is 2.22. The predicted molar refractivity (Wildman–Crippen MR) is 38.9 cm³/mol. The minimum absolute atomic E-state index is 0.382. The molecule has 1 N–H and O–H groups in total. The molecule has 1 heterocycles. The van der Waals surface area contributed by atoms with Crippen LogP contribution in [0.3, 0.4) is 0 Å². The molecule has 4 heteroatoms. The van der Waals surface area contributed by atoms with Crippen molar-refractivity contribution in [3.8, 4) is 0 Å². The van der Waals surface area contributed by atoms with Crippen molar-refractivity contribution in [3.63, 3.8) is 0 Å². The second-order valence-corrected chi connectivity index (χ2v) is 2.93. The van der Waals surface area contributed by atoms with Crippen molar-refractivity contribution >= 4 is 0 Å². The van der Waals surface area contributed by atoms with Crippen LogP contribution in [0.2, 0.25) is 0 Å². The molecular formula is C7H11N3O. The van der Waals surface area contributed by atoms with Crippen LogP contribution < -0.4 is 0 Å². The van der Waals surface area contributed by atoms with E-state index in [2.05, 4.69) is 10.2 Å². The van der Waals surface area contributed by atoms with Crippen LogP contribution in [0.4, 0.5) is 0 Å². The Morgan fingerprint density at radius 2 is 2.36 bits per heavy atom. The summed E-state index contributed by atoms with van der Waals surface area (Å²) >= 11 is 0. The van der Waals surface area contributed by atoms with Gasteiger partial charge in [-0.05, 0) is 19.3 Å². The molecule has 0 aliphatic heterocycles. The fourth-order valence-electron chi connectivity index (χ4n) is 1.50. The monoisotopic (exact) mass is 153 g/mol. The van der Waals surface area contributed by atoms with Crippen molar-refractivity contribution in [2.75, 3.05) is 0 Å². The number of nitrogens with zero attached hydrogens (tertiary/aromatic N) is 3. The minimum atomic E-state index is -0.382. The number of hydrogen-bond donors (Lipinski definition) is 1. The van der Waals surface area contributed by atoms with E-state index >= 15 is 0 Å². The summed E-state index contributed by atoms with van der Waals surface area (Å²) in [7, 11) is 1.78. The Morgan fingerprint density at radius 1 is 1.55 bits per heavy atom. The zero-order valence-corrected chi connectivity index (χ0v) is 6.49. The van der Waals surface area contributed by atoms with Gasteiger partial charge in [-0.2, -0.15) is 15.0 Å². The first-order valence-corrected chi connectivity index (χ1v) is 3.85. The summed E-state index contributed by atoms with van der Waals surface area (Å²) in [5, 5.41) is 17.7. The zero-order chi connectivity index (χ0) is 7.84. The third-order valence-corrected chi connectivity index (χ3v) is 2.02. The summed E-state index contributed by atoms with van der Waals surface area (Å²) in [6, 6.07) is 0. The number of aliphatic hydroxyl groups excluding tert-OH is 1. The number of hydrogen-bond acceptors (Lipinski definition) is 3. The highest BCUT2D eigenvalue weighted by atomic mass is 16.3. The maximum absolute atomic E-state index is 9.46. The molecule has 1 aliphatic carbocycles. The molecule has 1 aromatic heterocycles. The quantitative estimate of drug-likeness (QED) is 0.578. The van der Waals surface area contributed by atoms with E-state index in [1.807, 2.05) is 0 Å². The molecule has 60 valence electrons. The van der Waals surface area contributed by atoms with E-state index in [0.29, 0.717) is 0 Å². The molecule has 0 amide bonds. The van der Waals surface area contributed by atoms with E-state index in [9.17, 15) is 5.11 Å². The van der Waals surface area contributed by atoms with Gasteiger partial charge in [0.05, 0.1) is 11.8 Å². The first kappa shape index (κ1) is 6.79. The molecule has 0 saturated heterocycles. The van der Waals surface area contributed by atoms with Gasteiger partial charge in [-0.25, -0.2) is 0 Å². The number of aliphatic hydroxyl groups is 1. The number of aryl methyl sites for hydroxylation is 2. The first-order valence-electron chi connectivity index (χ1n) is 3.85. The van der Waals surface area contributed by atoms with Crippen molar-refractivity contribution in [2.45, 2.75) is 25.4 Å². The molecule has 0 aromatic carbocycles. The molecule has 2 rings (SSSR count). The SMILES string of the molecule is Cn1nc2c(n1)C(O)CCC2. The van der Waals surface area contributed by atoms with E-state index in [1.165, 1.54) is 4.80 Å². The van der Waals surface area contributed by atoms with Gasteiger partial charge in [0.25, 0.3) is 0 Å². The van der Waals surface area contributed by atoms with Crippen LogP contribution in [-0.4, -0.2) is 20.1 Å². The second kappa shape index (κ2) is 2.30. The molecule has 1 aromatic rings. The van der Waals surface area contributed by atoms with Crippen LogP contribution in [0.15, 0.2) is 0 Å². The minimum Gasteiger partial charge on any atom is -0.387 e. The lowest BCUT2D eigenvalue weighted by atomic mass is 9.99. The number of aromatic nitrogens is 3. The number of rotatable bonds is 0. The summed E-state index contributed by atoms with van der Waals surface area (Å²) in [6.07, 6.45) is 2.42. The van der Waals surface area contributed by atoms with E-state index in [-0.39, 0.29) is 6.10 Å². The van der Waals surface area contributed by atoms with Gasteiger partial charge in [0.15, 0.2) is 0 Å². The maximum Gasteiger partial charge on any atom is 0.114 e. The Bertz CT molecular complexity index is 269. The molecule has 1 unspecified atom stereocenters. The average molecular weight is 153 g/mol. The molecule has 11 heavy (non-hydrogen) atoms. The molecule has 0 saturated carbocycles. The third kappa shape index (κ3) is 1.03. The van der Waals surface area contributed by atoms with Gasteiger partial charge in [0.2, 0.25) is 0 Å². The standard InChI is InChI=1S/C7H11N3O/c1-10-8-5-3-2-4-6(11)7(5)9-10/h6,11H,2-4H2,1H3. The van der Waals surface area contributed by atoms with Crippen LogP contribution >= 0.6 is 0 Å². The van der Waals surface area contributed by atoms with Gasteiger partial charge < -0.3 is 5.11 Å². The molecule has 0 bridgehead atoms. The second-order valence-electron chi connectivity index (χ2n) is 2.93. The van der Waals surface area contributed by atoms with Crippen LogP contribution in [0.25, 0.3) is 0 Å². The lowest BCUT2D eigenvalue weighted by Crippen LogP contribution is -2.08. The van der Waals surface area contributed by atoms with E-state index in [4.69, 9.17) is 0 Å². The topological polar surface area (TPSA) is 50.9 Å². The molecule has 0 spiro atoms. The van der Waals surface area contributed by atoms with Gasteiger partial charge in [-0.1, -0.05) is 0 Å². The fourth-order valence-corrected chi connectivity index (χ4v) is 1.50. The Kier molecular flexibility index (Phi) is 1.42. The van der Waals surface area contributed by atoms with Crippen molar-refractivity contribution in [3.05, 3.63) is 11.4 Å².